The number of carbonyl (C=O) groups excluding carboxylic acids is 3. The lowest BCUT2D eigenvalue weighted by molar-refractivity contribution is -0.384. The van der Waals surface area contributed by atoms with E-state index in [2.05, 4.69) is 29.5 Å². The summed E-state index contributed by atoms with van der Waals surface area (Å²) < 4.78 is 32.9. The third-order valence-corrected chi connectivity index (χ3v) is 12.4. The van der Waals surface area contributed by atoms with Crippen LogP contribution < -0.4 is 14.2 Å². The summed E-state index contributed by atoms with van der Waals surface area (Å²) in [7, 11) is 0. The molecule has 0 radical (unpaired) electrons. The number of carboxylic acid groups (broad SMARTS) is 1. The van der Waals surface area contributed by atoms with Crippen LogP contribution in [0.3, 0.4) is 0 Å². The lowest BCUT2D eigenvalue weighted by Gasteiger charge is -2.18. The van der Waals surface area contributed by atoms with E-state index in [-0.39, 0.29) is 11.3 Å². The number of non-ortho nitro benzene ring substituents is 1. The zero-order valence-corrected chi connectivity index (χ0v) is 43.9. The van der Waals surface area contributed by atoms with Gasteiger partial charge >= 0.3 is 24.1 Å². The highest BCUT2D eigenvalue weighted by Crippen LogP contribution is 2.36. The summed E-state index contributed by atoms with van der Waals surface area (Å²) in [6, 6.07) is 32.1. The van der Waals surface area contributed by atoms with Gasteiger partial charge in [-0.1, -0.05) is 88.4 Å². The van der Waals surface area contributed by atoms with Crippen molar-refractivity contribution in [3.8, 4) is 39.5 Å². The van der Waals surface area contributed by atoms with Crippen molar-refractivity contribution < 1.29 is 57.6 Å². The van der Waals surface area contributed by atoms with Crippen LogP contribution in [0.15, 0.2) is 145 Å². The molecule has 0 amide bonds. The van der Waals surface area contributed by atoms with Crippen LogP contribution >= 0.6 is 0 Å². The smallest absolute Gasteiger partial charge is 0.494 e. The molecule has 0 saturated carbocycles. The summed E-state index contributed by atoms with van der Waals surface area (Å²) >= 11 is 0. The van der Waals surface area contributed by atoms with Gasteiger partial charge in [-0.2, -0.15) is 10.2 Å². The first-order chi connectivity index (χ1) is 37.5. The first-order valence-electron chi connectivity index (χ1n) is 26.6. The molecule has 5 aromatic carbocycles. The Morgan fingerprint density at radius 3 is 1.31 bits per heavy atom. The van der Waals surface area contributed by atoms with E-state index in [1.165, 1.54) is 12.1 Å². The maximum Gasteiger partial charge on any atom is 0.513 e. The number of nitro benzene ring substituents is 1. The van der Waals surface area contributed by atoms with Gasteiger partial charge in [0.25, 0.3) is 5.69 Å². The molecule has 0 fully saturated rings. The number of aryl methyl sites for hydroxylation is 1. The molecule has 5 aromatic rings. The van der Waals surface area contributed by atoms with Crippen molar-refractivity contribution in [3.63, 3.8) is 0 Å². The van der Waals surface area contributed by atoms with Gasteiger partial charge in [0.2, 0.25) is 0 Å². The Morgan fingerprint density at radius 1 is 0.494 bits per heavy atom. The fourth-order valence-corrected chi connectivity index (χ4v) is 8.33. The van der Waals surface area contributed by atoms with Crippen LogP contribution in [0.25, 0.3) is 22.3 Å². The number of carbonyl (C=O) groups is 4. The van der Waals surface area contributed by atoms with E-state index < -0.39 is 29.0 Å². The van der Waals surface area contributed by atoms with Crippen LogP contribution in [0.5, 0.6) is 17.2 Å². The van der Waals surface area contributed by atoms with Gasteiger partial charge in [0.1, 0.15) is 17.2 Å². The first-order valence-corrected chi connectivity index (χ1v) is 26.6. The molecule has 0 bridgehead atoms. The highest BCUT2D eigenvalue weighted by Gasteiger charge is 2.23. The molecule has 0 aliphatic rings. The molecular formula is C61H71N3O13. The van der Waals surface area contributed by atoms with Crippen LogP contribution in [-0.2, 0) is 30.2 Å². The van der Waals surface area contributed by atoms with E-state index in [1.54, 1.807) is 18.2 Å². The van der Waals surface area contributed by atoms with Gasteiger partial charge in [-0.25, -0.2) is 19.2 Å². The fourth-order valence-electron chi connectivity index (χ4n) is 8.33. The molecule has 0 aliphatic carbocycles. The highest BCUT2D eigenvalue weighted by atomic mass is 16.7. The molecule has 0 atom stereocenters. The van der Waals surface area contributed by atoms with Crippen molar-refractivity contribution >= 4 is 41.1 Å². The Morgan fingerprint density at radius 2 is 0.883 bits per heavy atom. The van der Waals surface area contributed by atoms with Crippen molar-refractivity contribution in [1.29, 1.82) is 0 Å². The molecule has 0 saturated heterocycles. The van der Waals surface area contributed by atoms with Gasteiger partial charge in [0, 0.05) is 24.3 Å². The van der Waals surface area contributed by atoms with Crippen molar-refractivity contribution in [2.24, 2.45) is 10.2 Å². The summed E-state index contributed by atoms with van der Waals surface area (Å²) in [5, 5.41) is 28.8. The molecule has 16 heteroatoms. The molecule has 16 nitrogen and oxygen atoms in total. The minimum atomic E-state index is -1.69. The average molecular weight is 1050 g/mol. The topological polar surface area (TPSA) is 212 Å². The van der Waals surface area contributed by atoms with Crippen molar-refractivity contribution in [1.82, 2.24) is 0 Å². The van der Waals surface area contributed by atoms with Crippen LogP contribution in [0.2, 0.25) is 0 Å². The number of hydrogen-bond acceptors (Lipinski definition) is 14. The number of esters is 3. The number of ether oxygens (including phenoxy) is 6. The second-order valence-electron chi connectivity index (χ2n) is 18.3. The molecule has 0 unspecified atom stereocenters. The van der Waals surface area contributed by atoms with E-state index in [9.17, 15) is 34.4 Å². The summed E-state index contributed by atoms with van der Waals surface area (Å²) in [6.45, 7) is 9.17. The van der Waals surface area contributed by atoms with E-state index in [1.807, 2.05) is 72.8 Å². The van der Waals surface area contributed by atoms with Crippen LogP contribution in [0.4, 0.5) is 21.9 Å². The molecule has 408 valence electrons. The predicted molar refractivity (Wildman–Crippen MR) is 295 cm³/mol. The minimum Gasteiger partial charge on any atom is -0.494 e. The predicted octanol–water partition coefficient (Wildman–Crippen LogP) is 15.6. The van der Waals surface area contributed by atoms with Crippen molar-refractivity contribution in [2.75, 3.05) is 33.0 Å². The zero-order chi connectivity index (χ0) is 54.9. The van der Waals surface area contributed by atoms with Gasteiger partial charge < -0.3 is 33.5 Å². The molecule has 0 heterocycles. The number of rotatable bonds is 37. The van der Waals surface area contributed by atoms with Gasteiger partial charge in [-0.05, 0) is 165 Å². The number of nitrogens with zero attached hydrogens (tertiary/aromatic N) is 3. The Kier molecular flexibility index (Phi) is 26.7. The van der Waals surface area contributed by atoms with E-state index in [0.717, 1.165) is 149 Å². The number of azo groups is 1. The lowest BCUT2D eigenvalue weighted by atomic mass is 9.87. The Hall–Kier alpha value is -8.14. The van der Waals surface area contributed by atoms with E-state index in [4.69, 9.17) is 28.4 Å². The Balaban J connectivity index is 1.13. The second-order valence-corrected chi connectivity index (χ2v) is 18.3. The van der Waals surface area contributed by atoms with Crippen LogP contribution in [0.1, 0.15) is 125 Å². The third-order valence-electron chi connectivity index (χ3n) is 12.4. The molecule has 5 rings (SSSR count). The fraction of sp³-hybridized carbons (Fsp3) is 0.377. The average Bonchev–Trinajstić information content (AvgIpc) is 3.44. The normalized spacial score (nSPS) is 10.9. The summed E-state index contributed by atoms with van der Waals surface area (Å²) in [5.41, 5.74) is 5.14. The molecule has 77 heavy (non-hydrogen) atoms. The molecule has 0 spiro atoms. The Bertz CT molecular complexity index is 2670. The third kappa shape index (κ3) is 22.7. The number of nitro groups is 1. The summed E-state index contributed by atoms with van der Waals surface area (Å²) in [4.78, 5) is 58.4. The highest BCUT2D eigenvalue weighted by molar-refractivity contribution is 6.03. The largest absolute Gasteiger partial charge is 0.513 e. The summed E-state index contributed by atoms with van der Waals surface area (Å²) in [6.07, 6.45) is 17.4. The van der Waals surface area contributed by atoms with Gasteiger partial charge in [-0.3, -0.25) is 10.1 Å². The van der Waals surface area contributed by atoms with Gasteiger partial charge in [0.05, 0.1) is 54.9 Å². The molecule has 1 N–H and O–H groups in total. The zero-order valence-electron chi connectivity index (χ0n) is 43.9. The summed E-state index contributed by atoms with van der Waals surface area (Å²) in [5.74, 6) is 0.312. The minimum absolute atomic E-state index is 0.000224. The molecule has 0 aliphatic heterocycles. The van der Waals surface area contributed by atoms with E-state index >= 15 is 0 Å². The van der Waals surface area contributed by atoms with Crippen LogP contribution in [-0.4, -0.2) is 67.1 Å². The van der Waals surface area contributed by atoms with Gasteiger partial charge in [0.15, 0.2) is 0 Å². The molecule has 0 aromatic heterocycles. The van der Waals surface area contributed by atoms with Crippen LogP contribution in [0, 0.1) is 10.1 Å². The number of benzene rings is 5. The maximum atomic E-state index is 13.7. The SMILES string of the molecule is C=CC(=O)OCCCCCCOc1ccc(-c2cc(CCCCCCCCCCCOc3ccc(N=Nc4ccc([N+](=O)[O-])cc4)cc3)c(-c3ccc(OCCCCCCOC(=O)C=C)cc3)c(C(=O)OC(=O)O)c2)cc1. The van der Waals surface area contributed by atoms with Gasteiger partial charge in [-0.15, -0.1) is 0 Å². The second kappa shape index (κ2) is 34.4. The Labute approximate surface area is 451 Å². The quantitative estimate of drug-likeness (QED) is 0.00574. The monoisotopic (exact) mass is 1050 g/mol. The molecular weight excluding hydrogens is 983 g/mol. The number of hydrogen-bond donors (Lipinski definition) is 1. The van der Waals surface area contributed by atoms with E-state index in [0.29, 0.717) is 67.9 Å². The standard InChI is InChI=1S/C61H71N3O13/c1-3-57(65)75-42-20-14-12-18-40-72-53-33-23-46(24-34-53)49-44-48(59(56(45-49)60(67)77-61(68)69)47-25-35-54(36-26-47)73-41-19-13-15-21-43-76-58(66)4-2)22-16-10-8-6-5-7-9-11-17-39-74-55-37-29-51(30-38-55)63-62-50-27-31-52(32-28-50)64(70)71/h3-4,23-38,44-45H,1-2,5-22,39-43H2,(H,68,69). The lowest BCUT2D eigenvalue weighted by Crippen LogP contribution is -2.13. The maximum absolute atomic E-state index is 13.7. The van der Waals surface area contributed by atoms with Crippen molar-refractivity contribution in [2.45, 2.75) is 116 Å². The first kappa shape index (κ1) is 59.7. The number of unbranched alkanes of at least 4 members (excludes halogenated alkanes) is 14. The van der Waals surface area contributed by atoms with Crippen molar-refractivity contribution in [3.05, 3.63) is 156 Å².